The first-order valence-electron chi connectivity index (χ1n) is 14.9. The van der Waals surface area contributed by atoms with Gasteiger partial charge in [-0.2, -0.15) is 18.2 Å². The number of rotatable bonds is 6. The molecule has 0 radical (unpaired) electrons. The largest absolute Gasteiger partial charge is 0.502 e. The van der Waals surface area contributed by atoms with E-state index in [0.29, 0.717) is 17.2 Å². The van der Waals surface area contributed by atoms with Gasteiger partial charge in [-0.25, -0.2) is 4.98 Å². The Morgan fingerprint density at radius 1 is 1.06 bits per heavy atom. The van der Waals surface area contributed by atoms with E-state index in [2.05, 4.69) is 4.98 Å². The van der Waals surface area contributed by atoms with Gasteiger partial charge in [0.25, 0.3) is 11.8 Å². The van der Waals surface area contributed by atoms with Crippen molar-refractivity contribution in [2.75, 3.05) is 26.3 Å². The lowest BCUT2D eigenvalue weighted by atomic mass is 9.60. The molecule has 14 heteroatoms. The number of ether oxygens (including phenoxy) is 2. The van der Waals surface area contributed by atoms with Crippen molar-refractivity contribution in [3.8, 4) is 17.2 Å². The summed E-state index contributed by atoms with van der Waals surface area (Å²) in [5, 5.41) is 11.8. The summed E-state index contributed by atoms with van der Waals surface area (Å²) < 4.78 is 50.9. The van der Waals surface area contributed by atoms with Gasteiger partial charge in [0.05, 0.1) is 31.1 Å². The fourth-order valence-electron chi connectivity index (χ4n) is 7.07. The number of halogens is 4. The number of hydrazine groups is 1. The zero-order chi connectivity index (χ0) is 34.8. The van der Waals surface area contributed by atoms with Gasteiger partial charge in [0.2, 0.25) is 5.75 Å². The lowest BCUT2D eigenvalue weighted by molar-refractivity contribution is -0.141. The van der Waals surface area contributed by atoms with Gasteiger partial charge in [-0.1, -0.05) is 35.4 Å². The number of imide groups is 1. The number of anilines is 1. The van der Waals surface area contributed by atoms with E-state index in [1.807, 2.05) is 0 Å². The molecule has 1 saturated heterocycles. The number of hydrogen-bond donors (Lipinski definition) is 1. The first-order valence-corrected chi connectivity index (χ1v) is 15.2. The number of allylic oxidation sites excluding steroid dienone is 7. The van der Waals surface area contributed by atoms with Crippen molar-refractivity contribution in [2.45, 2.75) is 25.9 Å². The molecule has 2 amide bonds. The van der Waals surface area contributed by atoms with Crippen molar-refractivity contribution in [3.05, 3.63) is 81.1 Å². The third-order valence-corrected chi connectivity index (χ3v) is 9.59. The van der Waals surface area contributed by atoms with Gasteiger partial charge in [0.1, 0.15) is 5.69 Å². The molecule has 1 aromatic carbocycles. The minimum Gasteiger partial charge on any atom is -0.502 e. The maximum atomic E-state index is 14.1. The van der Waals surface area contributed by atoms with Crippen molar-refractivity contribution in [1.29, 1.82) is 0 Å². The Labute approximate surface area is 277 Å². The van der Waals surface area contributed by atoms with E-state index in [1.165, 1.54) is 34.3 Å². The molecule has 1 aromatic heterocycles. The highest BCUT2D eigenvalue weighted by Gasteiger charge is 2.57. The van der Waals surface area contributed by atoms with E-state index in [-0.39, 0.29) is 63.4 Å². The van der Waals surface area contributed by atoms with Crippen LogP contribution in [-0.2, 0) is 25.4 Å². The van der Waals surface area contributed by atoms with E-state index in [0.717, 1.165) is 16.1 Å². The molecule has 250 valence electrons. The highest BCUT2D eigenvalue weighted by atomic mass is 35.5. The molecule has 0 bridgehead atoms. The van der Waals surface area contributed by atoms with Crippen LogP contribution in [0.2, 0.25) is 5.02 Å². The third kappa shape index (κ3) is 5.26. The van der Waals surface area contributed by atoms with Gasteiger partial charge in [0.15, 0.2) is 28.9 Å². The SMILES string of the molecule is COc1cc(C=C[C@H]2C3=CC[C@@H]4C(=O)N(N(C)c5nc(C(F)(F)F)ccc5Cl)C(=O)[C@@H]4[C@@H]3CC3=C2C(=O)C=C(C)C3=O)cc(OC)c1O. The average Bonchev–Trinajstić information content (AvgIpc) is 3.30. The first kappa shape index (κ1) is 33.0. The summed E-state index contributed by atoms with van der Waals surface area (Å²) in [6.07, 6.45) is 1.82. The number of aromatic hydroxyl groups is 1. The fourth-order valence-corrected chi connectivity index (χ4v) is 7.29. The second-order valence-corrected chi connectivity index (χ2v) is 12.3. The van der Waals surface area contributed by atoms with Crippen LogP contribution in [0, 0.1) is 23.7 Å². The maximum Gasteiger partial charge on any atom is 0.433 e. The number of phenols is 1. The monoisotopic (exact) mass is 683 g/mol. The van der Waals surface area contributed by atoms with Gasteiger partial charge in [-0.3, -0.25) is 24.2 Å². The second kappa shape index (κ2) is 12.0. The summed E-state index contributed by atoms with van der Waals surface area (Å²) in [5.74, 6) is -5.63. The average molecular weight is 684 g/mol. The minimum absolute atomic E-state index is 0.0163. The summed E-state index contributed by atoms with van der Waals surface area (Å²) in [4.78, 5) is 58.4. The number of aromatic nitrogens is 1. The molecule has 6 rings (SSSR count). The second-order valence-electron chi connectivity index (χ2n) is 11.9. The summed E-state index contributed by atoms with van der Waals surface area (Å²) in [6.45, 7) is 1.53. The number of carbonyl (C=O) groups is 4. The summed E-state index contributed by atoms with van der Waals surface area (Å²) >= 11 is 6.20. The van der Waals surface area contributed by atoms with E-state index in [1.54, 1.807) is 30.4 Å². The topological polar surface area (TPSA) is 126 Å². The Morgan fingerprint density at radius 3 is 2.35 bits per heavy atom. The van der Waals surface area contributed by atoms with Crippen LogP contribution in [0.3, 0.4) is 0 Å². The van der Waals surface area contributed by atoms with Crippen LogP contribution in [-0.4, -0.2) is 59.7 Å². The van der Waals surface area contributed by atoms with Gasteiger partial charge >= 0.3 is 6.18 Å². The predicted molar refractivity (Wildman–Crippen MR) is 167 cm³/mol. The first-order chi connectivity index (χ1) is 22.7. The zero-order valence-corrected chi connectivity index (χ0v) is 26.8. The van der Waals surface area contributed by atoms with E-state index in [4.69, 9.17) is 21.1 Å². The predicted octanol–water partition coefficient (Wildman–Crippen LogP) is 5.50. The molecular weight excluding hydrogens is 655 g/mol. The highest BCUT2D eigenvalue weighted by molar-refractivity contribution is 6.33. The van der Waals surface area contributed by atoms with E-state index in [9.17, 15) is 37.5 Å². The number of pyridine rings is 1. The van der Waals surface area contributed by atoms with Crippen molar-refractivity contribution < 1.29 is 46.9 Å². The molecule has 4 aliphatic rings. The Hall–Kier alpha value is -4.91. The standard InChI is InChI=1S/C34H29ClF3N3O7/c1-15-11-23(42)27-18(6-5-16-12-24(47-3)30(44)25(13-16)48-4)17-7-8-19-28(20(17)14-21(27)29(15)43)33(46)41(32(19)45)40(2)31-22(35)9-10-26(39-31)34(36,37)38/h5-7,9-13,18-20,28,44H,8,14H2,1-4H3/t18-,19-,20+,28-/m0/s1. The molecule has 0 unspecified atom stereocenters. The number of methoxy groups -OCH3 is 2. The molecule has 48 heavy (non-hydrogen) atoms. The lowest BCUT2D eigenvalue weighted by Gasteiger charge is -2.41. The van der Waals surface area contributed by atoms with Crippen LogP contribution < -0.4 is 14.5 Å². The molecule has 2 heterocycles. The third-order valence-electron chi connectivity index (χ3n) is 9.29. The molecule has 1 fully saturated rings. The van der Waals surface area contributed by atoms with Crippen molar-refractivity contribution in [3.63, 3.8) is 0 Å². The van der Waals surface area contributed by atoms with Gasteiger partial charge in [0, 0.05) is 29.7 Å². The fraction of sp³-hybridized carbons (Fsp3) is 0.324. The van der Waals surface area contributed by atoms with Crippen LogP contribution in [0.1, 0.15) is 31.0 Å². The molecule has 0 saturated carbocycles. The van der Waals surface area contributed by atoms with Crippen molar-refractivity contribution >= 4 is 46.9 Å². The van der Waals surface area contributed by atoms with Gasteiger partial charge < -0.3 is 14.6 Å². The van der Waals surface area contributed by atoms with Crippen LogP contribution in [0.4, 0.5) is 19.0 Å². The normalized spacial score (nSPS) is 24.0. The molecule has 0 spiro atoms. The Morgan fingerprint density at radius 2 is 1.73 bits per heavy atom. The molecule has 1 N–H and O–H groups in total. The van der Waals surface area contributed by atoms with Crippen LogP contribution >= 0.6 is 11.6 Å². The number of alkyl halides is 3. The van der Waals surface area contributed by atoms with E-state index >= 15 is 0 Å². The van der Waals surface area contributed by atoms with Crippen LogP contribution in [0.15, 0.2) is 64.8 Å². The van der Waals surface area contributed by atoms with Crippen molar-refractivity contribution in [2.24, 2.45) is 23.7 Å². The van der Waals surface area contributed by atoms with Gasteiger partial charge in [-0.15, -0.1) is 0 Å². The zero-order valence-electron chi connectivity index (χ0n) is 26.1. The minimum atomic E-state index is -4.80. The number of amides is 2. The summed E-state index contributed by atoms with van der Waals surface area (Å²) in [6, 6.07) is 4.82. The molecule has 4 atom stereocenters. The number of carbonyl (C=O) groups excluding carboxylic acids is 4. The molecule has 1 aliphatic heterocycles. The number of benzene rings is 1. The molecule has 10 nitrogen and oxygen atoms in total. The highest BCUT2D eigenvalue weighted by Crippen LogP contribution is 2.53. The number of phenolic OH excluding ortho intramolecular Hbond substituents is 1. The van der Waals surface area contributed by atoms with Gasteiger partial charge in [-0.05, 0) is 61.6 Å². The van der Waals surface area contributed by atoms with Crippen LogP contribution in [0.5, 0.6) is 17.2 Å². The smallest absolute Gasteiger partial charge is 0.433 e. The molecule has 3 aliphatic carbocycles. The Bertz CT molecular complexity index is 1890. The summed E-state index contributed by atoms with van der Waals surface area (Å²) in [5.41, 5.74) is 0.725. The number of ketones is 2. The summed E-state index contributed by atoms with van der Waals surface area (Å²) in [7, 11) is 4.00. The van der Waals surface area contributed by atoms with Crippen molar-refractivity contribution in [1.82, 2.24) is 9.99 Å². The quantitative estimate of drug-likeness (QED) is 0.239. The maximum absolute atomic E-state index is 14.1. The Balaban J connectivity index is 1.40. The molecule has 2 aromatic rings. The lowest BCUT2D eigenvalue weighted by Crippen LogP contribution is -2.46. The number of fused-ring (bicyclic) bond motifs is 3. The van der Waals surface area contributed by atoms with E-state index < -0.39 is 53.2 Å². The molecular formula is C34H29ClF3N3O7. The number of hydrogen-bond acceptors (Lipinski definition) is 9. The van der Waals surface area contributed by atoms with Crippen LogP contribution in [0.25, 0.3) is 6.08 Å². The number of Topliss-reactive ketones (excluding diaryl/α,β-unsaturated/α-hetero) is 1. The number of nitrogens with zero attached hydrogens (tertiary/aromatic N) is 3. The Kier molecular flexibility index (Phi) is 8.22.